The minimum atomic E-state index is -0.149. The molecule has 1 amide bonds. The zero-order valence-electron chi connectivity index (χ0n) is 11.8. The smallest absolute Gasteiger partial charge is 0.254 e. The van der Waals surface area contributed by atoms with Crippen LogP contribution in [0.1, 0.15) is 21.9 Å². The minimum Gasteiger partial charge on any atom is -0.387 e. The van der Waals surface area contributed by atoms with E-state index in [9.17, 15) is 4.79 Å². The van der Waals surface area contributed by atoms with Gasteiger partial charge in [-0.25, -0.2) is 0 Å². The van der Waals surface area contributed by atoms with Gasteiger partial charge in [-0.1, -0.05) is 0 Å². The number of hydrogen-bond acceptors (Lipinski definition) is 5. The number of nitrogens with one attached hydrogen (secondary N) is 2. The molecule has 0 atom stereocenters. The molecule has 0 aliphatic heterocycles. The fourth-order valence-corrected chi connectivity index (χ4v) is 1.86. The molecule has 0 bridgehead atoms. The fourth-order valence-electron chi connectivity index (χ4n) is 1.86. The molecule has 0 aliphatic carbocycles. The van der Waals surface area contributed by atoms with Crippen LogP contribution in [0, 0.1) is 6.92 Å². The van der Waals surface area contributed by atoms with Gasteiger partial charge in [-0.05, 0) is 13.0 Å². The second-order valence-electron chi connectivity index (χ2n) is 4.49. The summed E-state index contributed by atoms with van der Waals surface area (Å²) in [7, 11) is 3.66. The molecule has 106 valence electrons. The summed E-state index contributed by atoms with van der Waals surface area (Å²) in [6.45, 7) is 2.39. The number of amides is 1. The summed E-state index contributed by atoms with van der Waals surface area (Å²) in [6, 6.07) is 1.84. The molecule has 2 rings (SSSR count). The first kappa shape index (κ1) is 14.0. The molecule has 0 radical (unpaired) electrons. The van der Waals surface area contributed by atoms with Gasteiger partial charge in [0.25, 0.3) is 5.91 Å². The maximum Gasteiger partial charge on any atom is 0.254 e. The van der Waals surface area contributed by atoms with Gasteiger partial charge in [0, 0.05) is 39.0 Å². The predicted molar refractivity (Wildman–Crippen MR) is 75.6 cm³/mol. The van der Waals surface area contributed by atoms with Gasteiger partial charge in [0.2, 0.25) is 0 Å². The third kappa shape index (κ3) is 3.11. The first-order chi connectivity index (χ1) is 9.61. The number of hydrogen-bond donors (Lipinski definition) is 2. The summed E-state index contributed by atoms with van der Waals surface area (Å²) in [4.78, 5) is 16.3. The van der Waals surface area contributed by atoms with Crippen LogP contribution in [0.3, 0.4) is 0 Å². The van der Waals surface area contributed by atoms with Crippen LogP contribution in [0.2, 0.25) is 0 Å². The first-order valence-corrected chi connectivity index (χ1v) is 6.37. The van der Waals surface area contributed by atoms with Gasteiger partial charge in [-0.2, -0.15) is 0 Å². The van der Waals surface area contributed by atoms with Crippen LogP contribution < -0.4 is 10.6 Å². The monoisotopic (exact) mass is 274 g/mol. The van der Waals surface area contributed by atoms with E-state index in [-0.39, 0.29) is 5.91 Å². The molecule has 0 saturated carbocycles. The van der Waals surface area contributed by atoms with Crippen LogP contribution in [0.15, 0.2) is 18.6 Å². The summed E-state index contributed by atoms with van der Waals surface area (Å²) >= 11 is 0. The zero-order valence-corrected chi connectivity index (χ0v) is 11.8. The molecule has 0 saturated heterocycles. The Kier molecular flexibility index (Phi) is 4.29. The number of aromatic nitrogens is 4. The van der Waals surface area contributed by atoms with Gasteiger partial charge in [-0.15, -0.1) is 10.2 Å². The summed E-state index contributed by atoms with van der Waals surface area (Å²) in [5.41, 5.74) is 2.18. The second-order valence-corrected chi connectivity index (χ2v) is 4.49. The summed E-state index contributed by atoms with van der Waals surface area (Å²) in [5.74, 6) is 0.685. The molecule has 0 fully saturated rings. The van der Waals surface area contributed by atoms with Crippen molar-refractivity contribution in [2.24, 2.45) is 7.05 Å². The van der Waals surface area contributed by atoms with Gasteiger partial charge in [0.1, 0.15) is 12.2 Å². The number of carbonyl (C=O) groups is 1. The van der Waals surface area contributed by atoms with E-state index < -0.39 is 0 Å². The van der Waals surface area contributed by atoms with Gasteiger partial charge in [0.15, 0.2) is 0 Å². The summed E-state index contributed by atoms with van der Waals surface area (Å²) in [5, 5.41) is 13.6. The number of anilines is 1. The van der Waals surface area contributed by atoms with Gasteiger partial charge < -0.3 is 15.2 Å². The van der Waals surface area contributed by atoms with E-state index in [2.05, 4.69) is 25.8 Å². The molecular weight excluding hydrogens is 256 g/mol. The molecule has 7 heteroatoms. The molecule has 7 nitrogen and oxygen atoms in total. The number of carbonyl (C=O) groups excluding carboxylic acids is 1. The lowest BCUT2D eigenvalue weighted by Gasteiger charge is -2.10. The normalized spacial score (nSPS) is 10.3. The third-order valence-corrected chi connectivity index (χ3v) is 2.99. The van der Waals surface area contributed by atoms with E-state index >= 15 is 0 Å². The van der Waals surface area contributed by atoms with Crippen molar-refractivity contribution >= 4 is 11.6 Å². The molecule has 0 spiro atoms. The second kappa shape index (κ2) is 6.14. The number of aryl methyl sites for hydroxylation is 2. The third-order valence-electron chi connectivity index (χ3n) is 2.99. The van der Waals surface area contributed by atoms with E-state index in [1.54, 1.807) is 19.6 Å². The molecule has 20 heavy (non-hydrogen) atoms. The van der Waals surface area contributed by atoms with Crippen molar-refractivity contribution in [1.82, 2.24) is 25.1 Å². The number of pyridine rings is 1. The van der Waals surface area contributed by atoms with Crippen LogP contribution in [-0.2, 0) is 13.5 Å². The predicted octanol–water partition coefficient (Wildman–Crippen LogP) is 0.533. The van der Waals surface area contributed by atoms with Gasteiger partial charge >= 0.3 is 0 Å². The molecule has 0 unspecified atom stereocenters. The van der Waals surface area contributed by atoms with E-state index in [1.165, 1.54) is 0 Å². The van der Waals surface area contributed by atoms with Gasteiger partial charge in [0.05, 0.1) is 11.3 Å². The number of nitrogens with zero attached hydrogens (tertiary/aromatic N) is 4. The zero-order chi connectivity index (χ0) is 14.5. The van der Waals surface area contributed by atoms with E-state index in [0.717, 1.165) is 17.2 Å². The topological polar surface area (TPSA) is 84.7 Å². The van der Waals surface area contributed by atoms with Crippen molar-refractivity contribution in [1.29, 1.82) is 0 Å². The van der Waals surface area contributed by atoms with Gasteiger partial charge in [-0.3, -0.25) is 9.78 Å². The van der Waals surface area contributed by atoms with Crippen LogP contribution in [0.5, 0.6) is 0 Å². The van der Waals surface area contributed by atoms with E-state index in [0.29, 0.717) is 18.5 Å². The maximum atomic E-state index is 12.1. The Morgan fingerprint density at radius 3 is 2.90 bits per heavy atom. The lowest BCUT2D eigenvalue weighted by Crippen LogP contribution is -2.27. The first-order valence-electron chi connectivity index (χ1n) is 6.37. The largest absolute Gasteiger partial charge is 0.387 e. The van der Waals surface area contributed by atoms with Crippen molar-refractivity contribution in [3.63, 3.8) is 0 Å². The quantitative estimate of drug-likeness (QED) is 0.831. The summed E-state index contributed by atoms with van der Waals surface area (Å²) in [6.07, 6.45) is 3.86. The Morgan fingerprint density at radius 1 is 1.45 bits per heavy atom. The summed E-state index contributed by atoms with van der Waals surface area (Å²) < 4.78 is 1.83. The minimum absolute atomic E-state index is 0.149. The SMILES string of the molecule is CNc1cc(C)ncc1C(=O)NCCc1nncn1C. The Labute approximate surface area is 117 Å². The average Bonchev–Trinajstić information content (AvgIpc) is 2.84. The van der Waals surface area contributed by atoms with Crippen molar-refractivity contribution in [3.05, 3.63) is 35.7 Å². The highest BCUT2D eigenvalue weighted by Gasteiger charge is 2.11. The lowest BCUT2D eigenvalue weighted by molar-refractivity contribution is 0.0954. The standard InChI is InChI=1S/C13H18N6O/c1-9-6-11(14-2)10(7-16-9)13(20)15-5-4-12-18-17-8-19(12)3/h6-8H,4-5H2,1-3H3,(H,14,16)(H,15,20). The Morgan fingerprint density at radius 2 is 2.25 bits per heavy atom. The average molecular weight is 274 g/mol. The van der Waals surface area contributed by atoms with Crippen molar-refractivity contribution in [3.8, 4) is 0 Å². The van der Waals surface area contributed by atoms with Crippen LogP contribution in [0.25, 0.3) is 0 Å². The Balaban J connectivity index is 1.97. The lowest BCUT2D eigenvalue weighted by atomic mass is 10.2. The molecule has 0 aliphatic rings. The highest BCUT2D eigenvalue weighted by Crippen LogP contribution is 2.14. The molecule has 2 N–H and O–H groups in total. The Hall–Kier alpha value is -2.44. The highest BCUT2D eigenvalue weighted by atomic mass is 16.1. The maximum absolute atomic E-state index is 12.1. The number of rotatable bonds is 5. The van der Waals surface area contributed by atoms with Crippen molar-refractivity contribution in [2.75, 3.05) is 18.9 Å². The molecule has 2 heterocycles. The van der Waals surface area contributed by atoms with E-state index in [4.69, 9.17) is 0 Å². The van der Waals surface area contributed by atoms with E-state index in [1.807, 2.05) is 24.6 Å². The fraction of sp³-hybridized carbons (Fsp3) is 0.385. The van der Waals surface area contributed by atoms with Crippen molar-refractivity contribution in [2.45, 2.75) is 13.3 Å². The highest BCUT2D eigenvalue weighted by molar-refractivity contribution is 5.99. The van der Waals surface area contributed by atoms with Crippen LogP contribution >= 0.6 is 0 Å². The van der Waals surface area contributed by atoms with Crippen molar-refractivity contribution < 1.29 is 4.79 Å². The van der Waals surface area contributed by atoms with Crippen LogP contribution in [-0.4, -0.2) is 39.2 Å². The molecule has 2 aromatic rings. The molecular formula is C13H18N6O. The molecule has 0 aromatic carbocycles. The molecule has 2 aromatic heterocycles. The Bertz CT molecular complexity index is 607. The van der Waals surface area contributed by atoms with Crippen LogP contribution in [0.4, 0.5) is 5.69 Å².